The van der Waals surface area contributed by atoms with Crippen LogP contribution in [0.25, 0.3) is 0 Å². The first-order chi connectivity index (χ1) is 15.3. The number of rotatable bonds is 16. The van der Waals surface area contributed by atoms with Crippen molar-refractivity contribution in [2.24, 2.45) is 23.3 Å². The maximum Gasteiger partial charge on any atom is 0.326 e. The van der Waals surface area contributed by atoms with Gasteiger partial charge in [0, 0.05) is 0 Å². The Balaban J connectivity index is 5.48. The lowest BCUT2D eigenvalue weighted by Gasteiger charge is -2.26. The van der Waals surface area contributed by atoms with Crippen molar-refractivity contribution >= 4 is 41.4 Å². The first-order valence-electron chi connectivity index (χ1n) is 10.9. The van der Waals surface area contributed by atoms with E-state index in [1.54, 1.807) is 0 Å². The van der Waals surface area contributed by atoms with Gasteiger partial charge in [-0.15, -0.1) is 0 Å². The summed E-state index contributed by atoms with van der Waals surface area (Å²) in [6, 6.07) is -4.37. The van der Waals surface area contributed by atoms with Crippen molar-refractivity contribution in [1.29, 1.82) is 0 Å². The van der Waals surface area contributed by atoms with Crippen LogP contribution in [-0.4, -0.2) is 70.9 Å². The average molecular weight is 490 g/mol. The van der Waals surface area contributed by atoms with E-state index in [1.807, 2.05) is 34.0 Å². The molecule has 0 aliphatic heterocycles. The maximum absolute atomic E-state index is 12.9. The third kappa shape index (κ3) is 13.1. The zero-order valence-corrected chi connectivity index (χ0v) is 20.9. The third-order valence-electron chi connectivity index (χ3n) is 4.67. The van der Waals surface area contributed by atoms with E-state index in [4.69, 9.17) is 11.5 Å². The molecule has 0 aromatic rings. The Hall–Kier alpha value is -2.34. The largest absolute Gasteiger partial charge is 0.480 e. The van der Waals surface area contributed by atoms with Gasteiger partial charge in [0.15, 0.2) is 0 Å². The van der Waals surface area contributed by atoms with E-state index in [2.05, 4.69) is 16.0 Å². The van der Waals surface area contributed by atoms with Crippen LogP contribution in [0.2, 0.25) is 0 Å². The highest BCUT2D eigenvalue weighted by Crippen LogP contribution is 2.10. The van der Waals surface area contributed by atoms with E-state index in [-0.39, 0.29) is 24.7 Å². The van der Waals surface area contributed by atoms with E-state index in [1.165, 1.54) is 11.8 Å². The summed E-state index contributed by atoms with van der Waals surface area (Å²) in [6.45, 7) is 7.33. The number of primary amides is 1. The molecule has 0 saturated carbocycles. The smallest absolute Gasteiger partial charge is 0.326 e. The number of thioether (sulfide) groups is 1. The van der Waals surface area contributed by atoms with E-state index < -0.39 is 60.2 Å². The molecule has 0 bridgehead atoms. The number of carboxylic acids is 1. The number of hydrogen-bond acceptors (Lipinski definition) is 7. The normalized spacial score (nSPS) is 14.8. The second-order valence-electron chi connectivity index (χ2n) is 8.84. The molecule has 4 unspecified atom stereocenters. The van der Waals surface area contributed by atoms with Gasteiger partial charge in [0.25, 0.3) is 0 Å². The highest BCUT2D eigenvalue weighted by molar-refractivity contribution is 7.98. The minimum absolute atomic E-state index is 0.0152. The predicted molar refractivity (Wildman–Crippen MR) is 127 cm³/mol. The lowest BCUT2D eigenvalue weighted by atomic mass is 10.00. The molecule has 8 N–H and O–H groups in total. The molecular formula is C21H39N5O6S. The number of carbonyl (C=O) groups excluding carboxylic acids is 4. The fourth-order valence-electron chi connectivity index (χ4n) is 3.01. The van der Waals surface area contributed by atoms with Crippen LogP contribution in [0.3, 0.4) is 0 Å². The zero-order valence-electron chi connectivity index (χ0n) is 20.1. The number of nitrogens with one attached hydrogen (secondary N) is 3. The van der Waals surface area contributed by atoms with Crippen molar-refractivity contribution in [3.8, 4) is 0 Å². The fourth-order valence-corrected chi connectivity index (χ4v) is 3.50. The summed E-state index contributed by atoms with van der Waals surface area (Å²) in [5.41, 5.74) is 11.1. The second-order valence-corrected chi connectivity index (χ2v) is 9.82. The number of hydrogen-bond donors (Lipinski definition) is 6. The van der Waals surface area contributed by atoms with Crippen LogP contribution < -0.4 is 27.4 Å². The van der Waals surface area contributed by atoms with Gasteiger partial charge in [-0.3, -0.25) is 19.2 Å². The number of carbonyl (C=O) groups is 5. The van der Waals surface area contributed by atoms with E-state index in [9.17, 15) is 29.1 Å². The molecule has 0 aromatic carbocycles. The van der Waals surface area contributed by atoms with Gasteiger partial charge in [0.2, 0.25) is 23.6 Å². The summed E-state index contributed by atoms with van der Waals surface area (Å²) in [4.78, 5) is 61.0. The first kappa shape index (κ1) is 30.7. The lowest BCUT2D eigenvalue weighted by Crippen LogP contribution is -2.58. The third-order valence-corrected chi connectivity index (χ3v) is 5.31. The molecule has 0 heterocycles. The Morgan fingerprint density at radius 1 is 0.818 bits per heavy atom. The summed E-state index contributed by atoms with van der Waals surface area (Å²) in [7, 11) is 0. The number of carboxylic acid groups (broad SMARTS) is 1. The summed E-state index contributed by atoms with van der Waals surface area (Å²) >= 11 is 1.51. The highest BCUT2D eigenvalue weighted by Gasteiger charge is 2.31. The average Bonchev–Trinajstić information content (AvgIpc) is 2.68. The minimum atomic E-state index is -1.32. The van der Waals surface area contributed by atoms with Gasteiger partial charge in [-0.1, -0.05) is 27.7 Å². The van der Waals surface area contributed by atoms with Crippen molar-refractivity contribution < 1.29 is 29.1 Å². The molecule has 4 atom stereocenters. The van der Waals surface area contributed by atoms with Crippen molar-refractivity contribution in [1.82, 2.24) is 16.0 Å². The molecule has 0 rings (SSSR count). The fraction of sp³-hybridized carbons (Fsp3) is 0.762. The van der Waals surface area contributed by atoms with Gasteiger partial charge in [-0.2, -0.15) is 11.8 Å². The number of nitrogens with two attached hydrogens (primary N) is 2. The Morgan fingerprint density at radius 3 is 1.73 bits per heavy atom. The minimum Gasteiger partial charge on any atom is -0.480 e. The quantitative estimate of drug-likeness (QED) is 0.168. The summed E-state index contributed by atoms with van der Waals surface area (Å²) in [5.74, 6) is -3.40. The molecule has 190 valence electrons. The Morgan fingerprint density at radius 2 is 1.27 bits per heavy atom. The topological polar surface area (TPSA) is 194 Å². The highest BCUT2D eigenvalue weighted by atomic mass is 32.2. The van der Waals surface area contributed by atoms with Gasteiger partial charge < -0.3 is 32.5 Å². The van der Waals surface area contributed by atoms with Crippen molar-refractivity contribution in [3.63, 3.8) is 0 Å². The zero-order chi connectivity index (χ0) is 25.7. The molecular weight excluding hydrogens is 450 g/mol. The molecule has 0 fully saturated rings. The molecule has 0 aliphatic rings. The number of aliphatic carboxylic acids is 1. The van der Waals surface area contributed by atoms with Crippen LogP contribution in [-0.2, 0) is 24.0 Å². The van der Waals surface area contributed by atoms with Crippen molar-refractivity contribution in [3.05, 3.63) is 0 Å². The molecule has 0 aromatic heterocycles. The summed E-state index contributed by atoms with van der Waals surface area (Å²) in [6.07, 6.45) is 2.20. The molecule has 11 nitrogen and oxygen atoms in total. The van der Waals surface area contributed by atoms with E-state index >= 15 is 0 Å². The van der Waals surface area contributed by atoms with E-state index in [0.29, 0.717) is 12.2 Å². The molecule has 0 aliphatic carbocycles. The maximum atomic E-state index is 12.9. The van der Waals surface area contributed by atoms with Gasteiger partial charge in [0.05, 0.1) is 12.5 Å². The summed E-state index contributed by atoms with van der Waals surface area (Å²) < 4.78 is 0. The standard InChI is InChI=1S/C21H39N5O6S/c1-11(2)8-14(19(29)26-16(21(31)32)9-12(3)4)25-20(30)15(10-17(23)27)24-18(28)13(22)6-7-33-5/h11-16H,6-10,22H2,1-5H3,(H2,23,27)(H,24,28)(H,25,30)(H,26,29)(H,31,32). The van der Waals surface area contributed by atoms with Gasteiger partial charge in [0.1, 0.15) is 18.1 Å². The van der Waals surface area contributed by atoms with Gasteiger partial charge in [-0.25, -0.2) is 4.79 Å². The van der Waals surface area contributed by atoms with Crippen LogP contribution >= 0.6 is 11.8 Å². The molecule has 0 saturated heterocycles. The van der Waals surface area contributed by atoms with Crippen LogP contribution in [0.1, 0.15) is 53.4 Å². The molecule has 0 spiro atoms. The number of amides is 4. The first-order valence-corrected chi connectivity index (χ1v) is 12.3. The second kappa shape index (κ2) is 15.5. The Bertz CT molecular complexity index is 688. The molecule has 33 heavy (non-hydrogen) atoms. The lowest BCUT2D eigenvalue weighted by molar-refractivity contribution is -0.143. The van der Waals surface area contributed by atoms with Crippen LogP contribution in [0.15, 0.2) is 0 Å². The molecule has 0 radical (unpaired) electrons. The van der Waals surface area contributed by atoms with Crippen LogP contribution in [0, 0.1) is 11.8 Å². The van der Waals surface area contributed by atoms with E-state index in [0.717, 1.165) is 0 Å². The van der Waals surface area contributed by atoms with Crippen LogP contribution in [0.5, 0.6) is 0 Å². The van der Waals surface area contributed by atoms with Crippen molar-refractivity contribution in [2.75, 3.05) is 12.0 Å². The Labute approximate surface area is 199 Å². The Kier molecular flexibility index (Phi) is 14.4. The predicted octanol–water partition coefficient (Wildman–Crippen LogP) is -0.427. The summed E-state index contributed by atoms with van der Waals surface area (Å²) in [5, 5.41) is 16.8. The molecule has 12 heteroatoms. The van der Waals surface area contributed by atoms with Gasteiger partial charge in [-0.05, 0) is 43.1 Å². The van der Waals surface area contributed by atoms with Crippen LogP contribution in [0.4, 0.5) is 0 Å². The van der Waals surface area contributed by atoms with Gasteiger partial charge >= 0.3 is 5.97 Å². The van der Waals surface area contributed by atoms with Crippen molar-refractivity contribution in [2.45, 2.75) is 77.5 Å². The molecule has 4 amide bonds. The monoisotopic (exact) mass is 489 g/mol. The SMILES string of the molecule is CSCCC(N)C(=O)NC(CC(N)=O)C(=O)NC(CC(C)C)C(=O)NC(CC(C)C)C(=O)O.